The number of urea groups is 1. The van der Waals surface area contributed by atoms with Crippen LogP contribution in [-0.2, 0) is 11.2 Å². The number of aromatic nitrogens is 1. The fourth-order valence-electron chi connectivity index (χ4n) is 2.98. The maximum atomic E-state index is 12.3. The van der Waals surface area contributed by atoms with Crippen LogP contribution in [0.25, 0.3) is 0 Å². The predicted molar refractivity (Wildman–Crippen MR) is 90.9 cm³/mol. The van der Waals surface area contributed by atoms with Crippen LogP contribution in [0.2, 0.25) is 0 Å². The average Bonchev–Trinajstić information content (AvgIpc) is 2.96. The SMILES string of the molecule is CCc1noc(C)c1NC(=O)NC1CCOC(c2ccccc2)C1. The Morgan fingerprint density at radius 3 is 2.88 bits per heavy atom. The van der Waals surface area contributed by atoms with Gasteiger partial charge in [0, 0.05) is 12.6 Å². The summed E-state index contributed by atoms with van der Waals surface area (Å²) in [6.45, 7) is 4.40. The molecule has 1 aliphatic rings. The minimum absolute atomic E-state index is 0.0220. The molecule has 1 aromatic heterocycles. The van der Waals surface area contributed by atoms with Gasteiger partial charge < -0.3 is 19.9 Å². The van der Waals surface area contributed by atoms with E-state index in [0.717, 1.165) is 24.1 Å². The van der Waals surface area contributed by atoms with Crippen molar-refractivity contribution in [1.29, 1.82) is 0 Å². The van der Waals surface area contributed by atoms with E-state index in [0.29, 0.717) is 24.5 Å². The standard InChI is InChI=1S/C18H23N3O3/c1-3-15-17(12(2)24-21-15)20-18(22)19-14-9-10-23-16(11-14)13-7-5-4-6-8-13/h4-8,14,16H,3,9-11H2,1-2H3,(H2,19,20,22). The summed E-state index contributed by atoms with van der Waals surface area (Å²) in [5, 5.41) is 9.85. The van der Waals surface area contributed by atoms with Gasteiger partial charge in [0.2, 0.25) is 0 Å². The van der Waals surface area contributed by atoms with Gasteiger partial charge in [-0.1, -0.05) is 42.4 Å². The molecule has 2 aromatic rings. The normalized spacial score (nSPS) is 20.6. The van der Waals surface area contributed by atoms with Crippen molar-refractivity contribution in [3.05, 3.63) is 47.3 Å². The third-order valence-electron chi connectivity index (χ3n) is 4.30. The molecule has 24 heavy (non-hydrogen) atoms. The van der Waals surface area contributed by atoms with E-state index in [1.165, 1.54) is 0 Å². The van der Waals surface area contributed by atoms with Crippen molar-refractivity contribution in [2.45, 2.75) is 45.3 Å². The van der Waals surface area contributed by atoms with E-state index in [4.69, 9.17) is 9.26 Å². The molecule has 0 saturated carbocycles. The van der Waals surface area contributed by atoms with E-state index in [-0.39, 0.29) is 18.2 Å². The maximum absolute atomic E-state index is 12.3. The van der Waals surface area contributed by atoms with Crippen LogP contribution in [0.3, 0.4) is 0 Å². The number of nitrogens with one attached hydrogen (secondary N) is 2. The molecule has 1 aliphatic heterocycles. The number of carbonyl (C=O) groups is 1. The second-order valence-corrected chi connectivity index (χ2v) is 6.00. The molecule has 3 rings (SSSR count). The Balaban J connectivity index is 1.59. The highest BCUT2D eigenvalue weighted by Crippen LogP contribution is 2.28. The lowest BCUT2D eigenvalue weighted by Gasteiger charge is -2.30. The number of hydrogen-bond donors (Lipinski definition) is 2. The summed E-state index contributed by atoms with van der Waals surface area (Å²) < 4.78 is 11.0. The summed E-state index contributed by atoms with van der Waals surface area (Å²) in [5.74, 6) is 0.621. The molecule has 0 bridgehead atoms. The van der Waals surface area contributed by atoms with Crippen molar-refractivity contribution in [1.82, 2.24) is 10.5 Å². The molecule has 0 aliphatic carbocycles. The number of nitrogens with zero attached hydrogens (tertiary/aromatic N) is 1. The van der Waals surface area contributed by atoms with Crippen LogP contribution in [0, 0.1) is 6.92 Å². The number of hydrogen-bond acceptors (Lipinski definition) is 4. The van der Waals surface area contributed by atoms with Gasteiger partial charge in [-0.3, -0.25) is 0 Å². The van der Waals surface area contributed by atoms with Crippen molar-refractivity contribution in [3.8, 4) is 0 Å². The molecule has 1 fully saturated rings. The highest BCUT2D eigenvalue weighted by molar-refractivity contribution is 5.90. The third-order valence-corrected chi connectivity index (χ3v) is 4.30. The molecule has 2 N–H and O–H groups in total. The third kappa shape index (κ3) is 3.76. The topological polar surface area (TPSA) is 76.4 Å². The molecule has 0 spiro atoms. The number of aryl methyl sites for hydroxylation is 2. The Labute approximate surface area is 141 Å². The molecule has 2 atom stereocenters. The van der Waals surface area contributed by atoms with Crippen LogP contribution >= 0.6 is 0 Å². The fraction of sp³-hybridized carbons (Fsp3) is 0.444. The molecule has 2 unspecified atom stereocenters. The maximum Gasteiger partial charge on any atom is 0.319 e. The summed E-state index contributed by atoms with van der Waals surface area (Å²) in [6.07, 6.45) is 2.30. The second-order valence-electron chi connectivity index (χ2n) is 6.00. The average molecular weight is 329 g/mol. The minimum Gasteiger partial charge on any atom is -0.373 e. The number of carbonyl (C=O) groups excluding carboxylic acids is 1. The first-order valence-corrected chi connectivity index (χ1v) is 8.36. The number of ether oxygens (including phenoxy) is 1. The highest BCUT2D eigenvalue weighted by atomic mass is 16.5. The Morgan fingerprint density at radius 2 is 2.12 bits per heavy atom. The minimum atomic E-state index is -0.227. The number of amides is 2. The molecule has 6 nitrogen and oxygen atoms in total. The Morgan fingerprint density at radius 1 is 1.33 bits per heavy atom. The van der Waals surface area contributed by atoms with Gasteiger partial charge in [-0.25, -0.2) is 4.79 Å². The van der Waals surface area contributed by atoms with E-state index in [9.17, 15) is 4.79 Å². The van der Waals surface area contributed by atoms with Crippen molar-refractivity contribution in [2.75, 3.05) is 11.9 Å². The van der Waals surface area contributed by atoms with Gasteiger partial charge in [0.1, 0.15) is 11.4 Å². The summed E-state index contributed by atoms with van der Waals surface area (Å²) in [4.78, 5) is 12.3. The number of benzene rings is 1. The van der Waals surface area contributed by atoms with Crippen LogP contribution < -0.4 is 10.6 Å². The quantitative estimate of drug-likeness (QED) is 0.899. The van der Waals surface area contributed by atoms with Crippen LogP contribution in [0.5, 0.6) is 0 Å². The van der Waals surface area contributed by atoms with Crippen LogP contribution in [-0.4, -0.2) is 23.8 Å². The lowest BCUT2D eigenvalue weighted by Crippen LogP contribution is -2.42. The molecular formula is C18H23N3O3. The fourth-order valence-corrected chi connectivity index (χ4v) is 2.98. The zero-order chi connectivity index (χ0) is 16.9. The molecule has 128 valence electrons. The molecule has 1 saturated heterocycles. The van der Waals surface area contributed by atoms with Crippen molar-refractivity contribution in [3.63, 3.8) is 0 Å². The van der Waals surface area contributed by atoms with E-state index < -0.39 is 0 Å². The van der Waals surface area contributed by atoms with Crippen LogP contribution in [0.4, 0.5) is 10.5 Å². The Hall–Kier alpha value is -2.34. The van der Waals surface area contributed by atoms with Gasteiger partial charge in [0.05, 0.1) is 6.10 Å². The predicted octanol–water partition coefficient (Wildman–Crippen LogP) is 3.59. The van der Waals surface area contributed by atoms with Crippen molar-refractivity contribution >= 4 is 11.7 Å². The van der Waals surface area contributed by atoms with Gasteiger partial charge in [-0.2, -0.15) is 0 Å². The van der Waals surface area contributed by atoms with E-state index in [2.05, 4.69) is 27.9 Å². The molecule has 2 amide bonds. The monoisotopic (exact) mass is 329 g/mol. The molecule has 1 aromatic carbocycles. The Bertz CT molecular complexity index is 684. The summed E-state index contributed by atoms with van der Waals surface area (Å²) in [5.41, 5.74) is 2.58. The zero-order valence-electron chi connectivity index (χ0n) is 14.0. The number of anilines is 1. The van der Waals surface area contributed by atoms with Crippen molar-refractivity contribution in [2.24, 2.45) is 0 Å². The van der Waals surface area contributed by atoms with Crippen LogP contribution in [0.1, 0.15) is 42.9 Å². The van der Waals surface area contributed by atoms with Gasteiger partial charge in [-0.15, -0.1) is 0 Å². The van der Waals surface area contributed by atoms with E-state index in [1.807, 2.05) is 25.1 Å². The zero-order valence-corrected chi connectivity index (χ0v) is 14.0. The van der Waals surface area contributed by atoms with Gasteiger partial charge in [0.25, 0.3) is 0 Å². The van der Waals surface area contributed by atoms with Crippen molar-refractivity contribution < 1.29 is 14.1 Å². The summed E-state index contributed by atoms with van der Waals surface area (Å²) in [6, 6.07) is 9.96. The number of rotatable bonds is 4. The molecule has 0 radical (unpaired) electrons. The van der Waals surface area contributed by atoms with Crippen LogP contribution in [0.15, 0.2) is 34.9 Å². The van der Waals surface area contributed by atoms with E-state index in [1.54, 1.807) is 6.92 Å². The second kappa shape index (κ2) is 7.49. The van der Waals surface area contributed by atoms with Gasteiger partial charge in [-0.05, 0) is 31.7 Å². The van der Waals surface area contributed by atoms with E-state index >= 15 is 0 Å². The lowest BCUT2D eigenvalue weighted by atomic mass is 9.97. The Kier molecular flexibility index (Phi) is 5.15. The molecule has 6 heteroatoms. The molecule has 2 heterocycles. The lowest BCUT2D eigenvalue weighted by molar-refractivity contribution is 0.00253. The van der Waals surface area contributed by atoms with Gasteiger partial charge >= 0.3 is 6.03 Å². The summed E-state index contributed by atoms with van der Waals surface area (Å²) in [7, 11) is 0. The summed E-state index contributed by atoms with van der Waals surface area (Å²) >= 11 is 0. The highest BCUT2D eigenvalue weighted by Gasteiger charge is 2.25. The smallest absolute Gasteiger partial charge is 0.319 e. The first-order chi connectivity index (χ1) is 11.7. The van der Waals surface area contributed by atoms with Gasteiger partial charge in [0.15, 0.2) is 5.76 Å². The first kappa shape index (κ1) is 16.5. The largest absolute Gasteiger partial charge is 0.373 e. The molecular weight excluding hydrogens is 306 g/mol. The first-order valence-electron chi connectivity index (χ1n) is 8.36.